The van der Waals surface area contributed by atoms with E-state index in [1.807, 2.05) is 146 Å². The van der Waals surface area contributed by atoms with Crippen molar-refractivity contribution >= 4 is 0 Å². The largest absolute Gasteiger partial charge is 0.456 e. The first-order chi connectivity index (χ1) is 41.3. The van der Waals surface area contributed by atoms with Gasteiger partial charge in [0.05, 0.1) is 69.8 Å². The van der Waals surface area contributed by atoms with E-state index < -0.39 is 0 Å². The van der Waals surface area contributed by atoms with Crippen molar-refractivity contribution in [3.05, 3.63) is 252 Å². The average Bonchev–Trinajstić information content (AvgIpc) is 2.56. The van der Waals surface area contributed by atoms with Gasteiger partial charge in [-0.2, -0.15) is 31.6 Å². The zero-order valence-corrected chi connectivity index (χ0v) is 43.9. The highest BCUT2D eigenvalue weighted by atomic mass is 16.4. The molecule has 390 valence electrons. The molecule has 0 aliphatic rings. The molecule has 13 rings (SSSR count). The van der Waals surface area contributed by atoms with Crippen LogP contribution in [0.1, 0.15) is 33.4 Å². The molecular weight excluding hydrogens is 1040 g/mol. The average molecular weight is 1080 g/mol. The molecule has 0 atom stereocenters. The minimum absolute atomic E-state index is 0.358. The van der Waals surface area contributed by atoms with E-state index >= 15 is 0 Å². The van der Waals surface area contributed by atoms with Crippen LogP contribution in [-0.4, -0.2) is 0 Å². The Hall–Kier alpha value is -12.8. The molecule has 0 saturated heterocycles. The Kier molecular flexibility index (Phi) is 12.9. The Labute approximate surface area is 479 Å². The molecule has 84 heavy (non-hydrogen) atoms. The first-order valence-electron chi connectivity index (χ1n) is 26.2. The van der Waals surface area contributed by atoms with Crippen molar-refractivity contribution in [1.29, 1.82) is 31.6 Å². The number of benzene rings is 7. The highest BCUT2D eigenvalue weighted by molar-refractivity contribution is 6.12. The van der Waals surface area contributed by atoms with Crippen LogP contribution in [0.4, 0.5) is 0 Å². The molecule has 0 bridgehead atoms. The molecular formula is C72H36N6O6. The molecule has 0 fully saturated rings. The van der Waals surface area contributed by atoms with Crippen molar-refractivity contribution in [2.75, 3.05) is 0 Å². The van der Waals surface area contributed by atoms with Crippen LogP contribution in [0, 0.1) is 68.0 Å². The van der Waals surface area contributed by atoms with Crippen LogP contribution >= 0.6 is 0 Å². The number of hydrogen-bond donors (Lipinski definition) is 0. The van der Waals surface area contributed by atoms with E-state index in [9.17, 15) is 31.6 Å². The molecule has 0 radical (unpaired) electrons. The molecule has 6 aromatic heterocycles. The smallest absolute Gasteiger partial charge is 0.136 e. The number of rotatable bonds is 12. The van der Waals surface area contributed by atoms with Gasteiger partial charge < -0.3 is 26.5 Å². The minimum Gasteiger partial charge on any atom is -0.456 e. The maximum absolute atomic E-state index is 9.75. The quantitative estimate of drug-likeness (QED) is 0.111. The maximum atomic E-state index is 9.75. The summed E-state index contributed by atoms with van der Waals surface area (Å²) in [7, 11) is 0. The summed E-state index contributed by atoms with van der Waals surface area (Å²) >= 11 is 0. The Morgan fingerprint density at radius 2 is 0.274 bits per heavy atom. The van der Waals surface area contributed by atoms with Crippen molar-refractivity contribution in [2.24, 2.45) is 0 Å². The van der Waals surface area contributed by atoms with E-state index in [-0.39, 0.29) is 0 Å². The van der Waals surface area contributed by atoms with Crippen molar-refractivity contribution in [2.45, 2.75) is 0 Å². The lowest BCUT2D eigenvalue weighted by Gasteiger charge is -2.23. The lowest BCUT2D eigenvalue weighted by Crippen LogP contribution is -2.00. The van der Waals surface area contributed by atoms with Crippen LogP contribution in [0.2, 0.25) is 0 Å². The molecule has 7 aromatic carbocycles. The zero-order valence-electron chi connectivity index (χ0n) is 43.9. The van der Waals surface area contributed by atoms with Crippen molar-refractivity contribution in [3.63, 3.8) is 0 Å². The van der Waals surface area contributed by atoms with E-state index in [2.05, 4.69) is 36.4 Å². The van der Waals surface area contributed by atoms with Gasteiger partial charge in [0, 0.05) is 66.8 Å². The number of furan rings is 6. The van der Waals surface area contributed by atoms with Gasteiger partial charge in [0.15, 0.2) is 0 Å². The van der Waals surface area contributed by atoms with Gasteiger partial charge in [0.1, 0.15) is 69.1 Å². The van der Waals surface area contributed by atoms with Crippen molar-refractivity contribution in [1.82, 2.24) is 0 Å². The fraction of sp³-hybridized carbons (Fsp3) is 0. The van der Waals surface area contributed by atoms with Gasteiger partial charge in [-0.3, -0.25) is 0 Å². The molecule has 0 unspecified atom stereocenters. The number of hydrogen-bond acceptors (Lipinski definition) is 12. The fourth-order valence-electron chi connectivity index (χ4n) is 10.2. The standard InChI is InChI=1S/C72H36N6O6/c73-37-43-1-13-49(14-2-43)55-25-31-61(79-55)67-68(62-32-26-56(80-62)50-15-3-44(38-74)4-16-50)70(64-34-28-58(82-64)52-19-7-46(40-76)8-20-52)72(66-36-30-60(84-66)54-23-11-48(42-78)12-24-54)71(65-35-29-59(83-65)53-21-9-47(41-77)10-22-53)69(67)63-33-27-57(81-63)51-17-5-45(39-75)6-18-51/h1-36H. The summed E-state index contributed by atoms with van der Waals surface area (Å²) in [4.78, 5) is 0. The second kappa shape index (κ2) is 21.4. The van der Waals surface area contributed by atoms with Gasteiger partial charge in [-0.15, -0.1) is 0 Å². The van der Waals surface area contributed by atoms with Crippen LogP contribution in [0.25, 0.3) is 136 Å². The van der Waals surface area contributed by atoms with Crippen LogP contribution in [0.3, 0.4) is 0 Å². The molecule has 0 saturated carbocycles. The SMILES string of the molecule is N#Cc1ccc(-c2ccc(-c3c(-c4ccc(-c5ccc(C#N)cc5)o4)c(-c4ccc(-c5ccc(C#N)cc5)o4)c(-c4ccc(-c5ccc(C#N)cc5)o4)c(-c4ccc(-c5ccc(C#N)cc5)o4)c3-c3ccc(-c4ccc(C#N)cc4)o3)o2)cc1. The topological polar surface area (TPSA) is 222 Å². The second-order valence-electron chi connectivity index (χ2n) is 19.4. The van der Waals surface area contributed by atoms with Gasteiger partial charge in [-0.05, 0) is 218 Å². The highest BCUT2D eigenvalue weighted by Crippen LogP contribution is 2.58. The van der Waals surface area contributed by atoms with Crippen LogP contribution in [0.15, 0.2) is 245 Å². The number of nitriles is 6. The van der Waals surface area contributed by atoms with Crippen LogP contribution < -0.4 is 0 Å². The Morgan fingerprint density at radius 1 is 0.155 bits per heavy atom. The van der Waals surface area contributed by atoms with Crippen molar-refractivity contribution < 1.29 is 26.5 Å². The summed E-state index contributed by atoms with van der Waals surface area (Å²) in [6.45, 7) is 0. The highest BCUT2D eigenvalue weighted by Gasteiger charge is 2.36. The monoisotopic (exact) mass is 1080 g/mol. The predicted octanol–water partition coefficient (Wildman–Crippen LogP) is 18.5. The van der Waals surface area contributed by atoms with Gasteiger partial charge >= 0.3 is 0 Å². The predicted molar refractivity (Wildman–Crippen MR) is 314 cm³/mol. The normalized spacial score (nSPS) is 10.8. The molecule has 0 aliphatic heterocycles. The molecule has 0 spiro atoms. The summed E-state index contributed by atoms with van der Waals surface area (Å²) in [6.07, 6.45) is 0. The zero-order chi connectivity index (χ0) is 57.3. The summed E-state index contributed by atoms with van der Waals surface area (Å²) < 4.78 is 42.6. The molecule has 0 aliphatic carbocycles. The van der Waals surface area contributed by atoms with Gasteiger partial charge in [0.25, 0.3) is 0 Å². The summed E-state index contributed by atoms with van der Waals surface area (Å²) in [5.41, 5.74) is 9.87. The third-order valence-electron chi connectivity index (χ3n) is 14.4. The third kappa shape index (κ3) is 9.37. The molecule has 12 heteroatoms. The molecule has 0 N–H and O–H groups in total. The maximum Gasteiger partial charge on any atom is 0.136 e. The second-order valence-corrected chi connectivity index (χ2v) is 19.4. The molecule has 0 amide bonds. The van der Waals surface area contributed by atoms with Gasteiger partial charge in [0.2, 0.25) is 0 Å². The van der Waals surface area contributed by atoms with Crippen LogP contribution in [-0.2, 0) is 0 Å². The minimum atomic E-state index is 0.358. The number of nitrogens with zero attached hydrogens (tertiary/aromatic N) is 6. The first-order valence-corrected chi connectivity index (χ1v) is 26.2. The lowest BCUT2D eigenvalue weighted by molar-refractivity contribution is 0.579. The molecule has 13 aromatic rings. The fourth-order valence-corrected chi connectivity index (χ4v) is 10.2. The lowest BCUT2D eigenvalue weighted by atomic mass is 9.81. The first kappa shape index (κ1) is 50.7. The summed E-state index contributed by atoms with van der Waals surface area (Å²) in [5.74, 6) is 5.03. The van der Waals surface area contributed by atoms with Gasteiger partial charge in [-0.1, -0.05) is 0 Å². The van der Waals surface area contributed by atoms with E-state index in [1.165, 1.54) is 0 Å². The van der Waals surface area contributed by atoms with E-state index in [4.69, 9.17) is 26.5 Å². The Morgan fingerprint density at radius 3 is 0.393 bits per heavy atom. The third-order valence-corrected chi connectivity index (χ3v) is 14.4. The summed E-state index contributed by atoms with van der Waals surface area (Å²) in [6, 6.07) is 78.0. The van der Waals surface area contributed by atoms with E-state index in [0.29, 0.717) is 169 Å². The molecule has 6 heterocycles. The molecule has 12 nitrogen and oxygen atoms in total. The van der Waals surface area contributed by atoms with Crippen molar-refractivity contribution in [3.8, 4) is 172 Å². The van der Waals surface area contributed by atoms with Gasteiger partial charge in [-0.25, -0.2) is 0 Å². The van der Waals surface area contributed by atoms with E-state index in [0.717, 1.165) is 0 Å². The Bertz CT molecular complexity index is 4090. The Balaban J connectivity index is 1.20. The van der Waals surface area contributed by atoms with E-state index in [1.54, 1.807) is 72.8 Å². The summed E-state index contributed by atoms with van der Waals surface area (Å²) in [5, 5.41) is 58.5. The van der Waals surface area contributed by atoms with Crippen LogP contribution in [0.5, 0.6) is 0 Å².